The van der Waals surface area contributed by atoms with E-state index in [1.54, 1.807) is 35.2 Å². The summed E-state index contributed by atoms with van der Waals surface area (Å²) in [5, 5.41) is 0.532. The standard InChI is InChI=1S/C17H15ClFNO/c1-11-5-6-12-10-15(19)7-8-16(12)20(11)17(21)13-3-2-4-14(18)9-13/h2-4,7-11H,5-6H2,1H3/t11-/m1/s1. The molecule has 0 fully saturated rings. The fraction of sp³-hybridized carbons (Fsp3) is 0.235. The maximum atomic E-state index is 13.4. The SMILES string of the molecule is C[C@@H]1CCc2cc(F)ccc2N1C(=O)c1cccc(Cl)c1. The van der Waals surface area contributed by atoms with Crippen LogP contribution in [-0.2, 0) is 6.42 Å². The summed E-state index contributed by atoms with van der Waals surface area (Å²) in [6.07, 6.45) is 1.61. The lowest BCUT2D eigenvalue weighted by molar-refractivity contribution is 0.0975. The van der Waals surface area contributed by atoms with Gasteiger partial charge < -0.3 is 4.90 Å². The van der Waals surface area contributed by atoms with Gasteiger partial charge in [0.25, 0.3) is 5.91 Å². The van der Waals surface area contributed by atoms with Crippen LogP contribution >= 0.6 is 11.6 Å². The van der Waals surface area contributed by atoms with E-state index in [-0.39, 0.29) is 17.8 Å². The monoisotopic (exact) mass is 303 g/mol. The Labute approximate surface area is 128 Å². The lowest BCUT2D eigenvalue weighted by Crippen LogP contribution is -2.42. The minimum atomic E-state index is -0.265. The molecule has 1 amide bonds. The average Bonchev–Trinajstić information content (AvgIpc) is 2.47. The van der Waals surface area contributed by atoms with Crippen LogP contribution in [0.25, 0.3) is 0 Å². The number of nitrogens with zero attached hydrogens (tertiary/aromatic N) is 1. The third-order valence-corrected chi connectivity index (χ3v) is 4.10. The molecule has 0 N–H and O–H groups in total. The summed E-state index contributed by atoms with van der Waals surface area (Å²) in [5.41, 5.74) is 2.22. The quantitative estimate of drug-likeness (QED) is 0.761. The Hall–Kier alpha value is -1.87. The van der Waals surface area contributed by atoms with Crippen LogP contribution < -0.4 is 4.90 Å². The van der Waals surface area contributed by atoms with Crippen LogP contribution in [0.1, 0.15) is 29.3 Å². The van der Waals surface area contributed by atoms with Crippen molar-refractivity contribution in [3.05, 3.63) is 64.4 Å². The number of benzene rings is 2. The van der Waals surface area contributed by atoms with Gasteiger partial charge in [-0.2, -0.15) is 0 Å². The summed E-state index contributed by atoms with van der Waals surface area (Å²) in [4.78, 5) is 14.5. The number of halogens is 2. The number of aryl methyl sites for hydroxylation is 1. The molecule has 2 aromatic rings. The van der Waals surface area contributed by atoms with Gasteiger partial charge in [0.2, 0.25) is 0 Å². The van der Waals surface area contributed by atoms with E-state index in [0.717, 1.165) is 24.1 Å². The molecule has 0 aliphatic carbocycles. The molecule has 1 aliphatic heterocycles. The van der Waals surface area contributed by atoms with Crippen molar-refractivity contribution < 1.29 is 9.18 Å². The predicted molar refractivity (Wildman–Crippen MR) is 82.4 cm³/mol. The molecule has 0 spiro atoms. The van der Waals surface area contributed by atoms with Crippen molar-refractivity contribution >= 4 is 23.2 Å². The van der Waals surface area contributed by atoms with Crippen molar-refractivity contribution in [2.75, 3.05) is 4.90 Å². The Morgan fingerprint density at radius 3 is 2.86 bits per heavy atom. The molecule has 2 aromatic carbocycles. The lowest BCUT2D eigenvalue weighted by Gasteiger charge is -2.35. The van der Waals surface area contributed by atoms with Gasteiger partial charge in [0, 0.05) is 22.3 Å². The summed E-state index contributed by atoms with van der Waals surface area (Å²) in [6.45, 7) is 2.01. The van der Waals surface area contributed by atoms with Crippen LogP contribution in [0.2, 0.25) is 5.02 Å². The van der Waals surface area contributed by atoms with E-state index in [1.165, 1.54) is 12.1 Å². The normalized spacial score (nSPS) is 17.5. The molecular formula is C17H15ClFNO. The molecule has 0 radical (unpaired) electrons. The summed E-state index contributed by atoms with van der Waals surface area (Å²) in [7, 11) is 0. The van der Waals surface area contributed by atoms with Gasteiger partial charge in [-0.15, -0.1) is 0 Å². The first-order chi connectivity index (χ1) is 10.1. The first-order valence-electron chi connectivity index (χ1n) is 6.94. The average molecular weight is 304 g/mol. The summed E-state index contributed by atoms with van der Waals surface area (Å²) in [5.74, 6) is -0.365. The first-order valence-corrected chi connectivity index (χ1v) is 7.31. The molecule has 0 aromatic heterocycles. The van der Waals surface area contributed by atoms with Gasteiger partial charge in [-0.25, -0.2) is 4.39 Å². The van der Waals surface area contributed by atoms with Gasteiger partial charge in [0.05, 0.1) is 0 Å². The largest absolute Gasteiger partial charge is 0.305 e. The molecular weight excluding hydrogens is 289 g/mol. The molecule has 3 rings (SSSR count). The Morgan fingerprint density at radius 1 is 1.29 bits per heavy atom. The third kappa shape index (κ3) is 2.66. The van der Waals surface area contributed by atoms with Gasteiger partial charge in [0.1, 0.15) is 5.82 Å². The molecule has 1 aliphatic rings. The molecule has 0 saturated carbocycles. The molecule has 21 heavy (non-hydrogen) atoms. The van der Waals surface area contributed by atoms with E-state index in [4.69, 9.17) is 11.6 Å². The number of amides is 1. The number of carbonyl (C=O) groups is 1. The Balaban J connectivity index is 2.03. The molecule has 0 saturated heterocycles. The zero-order chi connectivity index (χ0) is 15.0. The van der Waals surface area contributed by atoms with Gasteiger partial charge in [-0.3, -0.25) is 4.79 Å². The lowest BCUT2D eigenvalue weighted by atomic mass is 9.95. The third-order valence-electron chi connectivity index (χ3n) is 3.86. The minimum Gasteiger partial charge on any atom is -0.305 e. The van der Waals surface area contributed by atoms with Crippen LogP contribution in [0.4, 0.5) is 10.1 Å². The fourth-order valence-corrected chi connectivity index (χ4v) is 2.98. The van der Waals surface area contributed by atoms with E-state index in [0.29, 0.717) is 10.6 Å². The van der Waals surface area contributed by atoms with E-state index in [2.05, 4.69) is 0 Å². The van der Waals surface area contributed by atoms with Crippen molar-refractivity contribution in [1.82, 2.24) is 0 Å². The highest BCUT2D eigenvalue weighted by molar-refractivity contribution is 6.31. The second-order valence-electron chi connectivity index (χ2n) is 5.35. The summed E-state index contributed by atoms with van der Waals surface area (Å²) >= 11 is 5.96. The smallest absolute Gasteiger partial charge is 0.258 e. The van der Waals surface area contributed by atoms with E-state index < -0.39 is 0 Å². The van der Waals surface area contributed by atoms with Crippen LogP contribution in [0.15, 0.2) is 42.5 Å². The molecule has 0 bridgehead atoms. The maximum Gasteiger partial charge on any atom is 0.258 e. The fourth-order valence-electron chi connectivity index (χ4n) is 2.79. The molecule has 0 unspecified atom stereocenters. The summed E-state index contributed by atoms with van der Waals surface area (Å²) in [6, 6.07) is 11.6. The van der Waals surface area contributed by atoms with Crippen LogP contribution in [-0.4, -0.2) is 11.9 Å². The number of anilines is 1. The zero-order valence-corrected chi connectivity index (χ0v) is 12.4. The highest BCUT2D eigenvalue weighted by Gasteiger charge is 2.29. The molecule has 1 heterocycles. The van der Waals surface area contributed by atoms with Crippen molar-refractivity contribution in [1.29, 1.82) is 0 Å². The van der Waals surface area contributed by atoms with Crippen molar-refractivity contribution in [3.8, 4) is 0 Å². The van der Waals surface area contributed by atoms with Gasteiger partial charge in [-0.1, -0.05) is 17.7 Å². The van der Waals surface area contributed by atoms with Gasteiger partial charge in [-0.05, 0) is 61.7 Å². The Kier molecular flexibility index (Phi) is 3.68. The van der Waals surface area contributed by atoms with Crippen LogP contribution in [0.5, 0.6) is 0 Å². The molecule has 1 atom stereocenters. The van der Waals surface area contributed by atoms with Crippen molar-refractivity contribution in [2.24, 2.45) is 0 Å². The number of fused-ring (bicyclic) bond motifs is 1. The molecule has 2 nitrogen and oxygen atoms in total. The van der Waals surface area contributed by atoms with Crippen LogP contribution in [0.3, 0.4) is 0 Å². The predicted octanol–water partition coefficient (Wildman–Crippen LogP) is 4.46. The van der Waals surface area contributed by atoms with Gasteiger partial charge in [0.15, 0.2) is 0 Å². The first kappa shape index (κ1) is 14.1. The maximum absolute atomic E-state index is 13.4. The second kappa shape index (κ2) is 5.49. The Bertz CT molecular complexity index is 701. The Morgan fingerprint density at radius 2 is 2.10 bits per heavy atom. The number of carbonyl (C=O) groups excluding carboxylic acids is 1. The van der Waals surface area contributed by atoms with E-state index in [1.807, 2.05) is 6.92 Å². The van der Waals surface area contributed by atoms with Crippen molar-refractivity contribution in [3.63, 3.8) is 0 Å². The number of hydrogen-bond acceptors (Lipinski definition) is 1. The zero-order valence-electron chi connectivity index (χ0n) is 11.6. The number of rotatable bonds is 1. The second-order valence-corrected chi connectivity index (χ2v) is 5.78. The highest BCUT2D eigenvalue weighted by atomic mass is 35.5. The van der Waals surface area contributed by atoms with Crippen molar-refractivity contribution in [2.45, 2.75) is 25.8 Å². The van der Waals surface area contributed by atoms with Crippen LogP contribution in [0, 0.1) is 5.82 Å². The van der Waals surface area contributed by atoms with Gasteiger partial charge >= 0.3 is 0 Å². The molecule has 4 heteroatoms. The topological polar surface area (TPSA) is 20.3 Å². The number of hydrogen-bond donors (Lipinski definition) is 0. The highest BCUT2D eigenvalue weighted by Crippen LogP contribution is 2.32. The molecule has 108 valence electrons. The van der Waals surface area contributed by atoms with E-state index in [9.17, 15) is 9.18 Å². The minimum absolute atomic E-state index is 0.0782. The van der Waals surface area contributed by atoms with E-state index >= 15 is 0 Å². The summed E-state index contributed by atoms with van der Waals surface area (Å²) < 4.78 is 13.4.